The number of hydrogen-bond acceptors (Lipinski definition) is 2. The number of rotatable bonds is 14. The topological polar surface area (TPSA) is 35.8 Å². The first-order valence-corrected chi connectivity index (χ1v) is 16.2. The molecule has 0 aromatic rings. The molecule has 0 aromatic heterocycles. The Bertz CT molecular complexity index is 226. The molecule has 0 saturated heterocycles. The molecule has 0 amide bonds. The van der Waals surface area contributed by atoms with Crippen molar-refractivity contribution in [1.82, 2.24) is 3.54 Å². The van der Waals surface area contributed by atoms with Gasteiger partial charge in [0.1, 0.15) is 0 Å². The number of hydrogen-bond donors (Lipinski definition) is 1. The zero-order valence-corrected chi connectivity index (χ0v) is 16.9. The Hall–Kier alpha value is 0.249. The number of nitrogens with zero attached hydrogens (tertiary/aromatic N) is 1. The van der Waals surface area contributed by atoms with Crippen molar-refractivity contribution < 1.29 is 0 Å². The average molecular weight is 386 g/mol. The molecule has 1 N–H and O–H groups in total. The second-order valence-corrected chi connectivity index (χ2v) is 18.6. The molecule has 0 spiro atoms. The molecule has 0 aromatic carbocycles. The van der Waals surface area contributed by atoms with Crippen LogP contribution in [-0.2, 0) is 0 Å². The van der Waals surface area contributed by atoms with Crippen LogP contribution in [0.3, 0.4) is 0 Å². The Kier molecular flexibility index (Phi) is 14.4. The summed E-state index contributed by atoms with van der Waals surface area (Å²) in [5.74, 6) is 0. The van der Waals surface area contributed by atoms with Gasteiger partial charge in [0.05, 0.1) is 0 Å². The van der Waals surface area contributed by atoms with E-state index >= 15 is 0 Å². The molecule has 0 aliphatic carbocycles. The Labute approximate surface area is 131 Å². The predicted molar refractivity (Wildman–Crippen MR) is 92.0 cm³/mol. The van der Waals surface area contributed by atoms with E-state index in [1.807, 2.05) is 0 Å². The van der Waals surface area contributed by atoms with E-state index in [1.165, 1.54) is 51.8 Å². The minimum atomic E-state index is -2.10. The molecular weight excluding hydrogens is 351 g/mol. The molecule has 0 aliphatic heterocycles. The Morgan fingerprint density at radius 1 is 0.900 bits per heavy atom. The summed E-state index contributed by atoms with van der Waals surface area (Å²) in [6.45, 7) is 8.10. The summed E-state index contributed by atoms with van der Waals surface area (Å²) < 4.78 is 8.64. The summed E-state index contributed by atoms with van der Waals surface area (Å²) in [7, 11) is 0. The van der Waals surface area contributed by atoms with Gasteiger partial charge in [0, 0.05) is 0 Å². The molecule has 20 heavy (non-hydrogen) atoms. The monoisotopic (exact) mass is 387 g/mol. The van der Waals surface area contributed by atoms with Crippen molar-refractivity contribution in [3.05, 3.63) is 6.42 Å². The SMILES string of the molecule is CCC[CH2][Sn]([CH2]CCC)([CH2]CCC)[NH]CCC[CH]C#N. The average Bonchev–Trinajstić information content (AvgIpc) is 2.48. The second-order valence-electron chi connectivity index (χ2n) is 5.99. The molecule has 1 radical (unpaired) electrons. The maximum absolute atomic E-state index is 8.56. The molecular formula is C17H35N2Sn. The van der Waals surface area contributed by atoms with E-state index in [0.717, 1.165) is 19.4 Å². The van der Waals surface area contributed by atoms with Gasteiger partial charge in [0.15, 0.2) is 0 Å². The molecule has 3 heteroatoms. The summed E-state index contributed by atoms with van der Waals surface area (Å²) in [5, 5.41) is 8.56. The summed E-state index contributed by atoms with van der Waals surface area (Å²) in [6.07, 6.45) is 12.1. The van der Waals surface area contributed by atoms with Crippen LogP contribution in [0.4, 0.5) is 0 Å². The summed E-state index contributed by atoms with van der Waals surface area (Å²) >= 11 is -2.10. The molecule has 0 heterocycles. The van der Waals surface area contributed by atoms with E-state index < -0.39 is 18.7 Å². The van der Waals surface area contributed by atoms with Gasteiger partial charge in [-0.15, -0.1) is 0 Å². The Morgan fingerprint density at radius 2 is 1.40 bits per heavy atom. The van der Waals surface area contributed by atoms with Crippen molar-refractivity contribution in [3.63, 3.8) is 0 Å². The normalized spacial score (nSPS) is 11.5. The van der Waals surface area contributed by atoms with Crippen LogP contribution in [0.1, 0.15) is 72.1 Å². The molecule has 0 atom stereocenters. The van der Waals surface area contributed by atoms with Gasteiger partial charge < -0.3 is 0 Å². The number of nitrogens with one attached hydrogen (secondary N) is 1. The van der Waals surface area contributed by atoms with Crippen molar-refractivity contribution in [2.75, 3.05) is 6.54 Å². The van der Waals surface area contributed by atoms with Gasteiger partial charge >= 0.3 is 132 Å². The summed E-state index contributed by atoms with van der Waals surface area (Å²) in [4.78, 5) is 0. The van der Waals surface area contributed by atoms with Gasteiger partial charge in [-0.2, -0.15) is 0 Å². The standard InChI is InChI=1S/C5H8N2.3C4H9.Sn/c6-4-2-1-3-5-7;3*1-3-4-2;/h2,7H,1,3,5H2;3*1,3-4H2,2H3;/q-1;;;;+1. The van der Waals surface area contributed by atoms with Gasteiger partial charge in [-0.05, 0) is 0 Å². The van der Waals surface area contributed by atoms with Crippen LogP contribution < -0.4 is 3.54 Å². The van der Waals surface area contributed by atoms with Crippen molar-refractivity contribution in [2.24, 2.45) is 0 Å². The summed E-state index contributed by atoms with van der Waals surface area (Å²) in [6, 6.07) is 2.13. The fourth-order valence-corrected chi connectivity index (χ4v) is 17.3. The molecule has 0 unspecified atom stereocenters. The zero-order chi connectivity index (χ0) is 15.1. The van der Waals surface area contributed by atoms with E-state index in [4.69, 9.17) is 5.26 Å². The molecule has 0 rings (SSSR count). The first kappa shape index (κ1) is 20.2. The van der Waals surface area contributed by atoms with Crippen molar-refractivity contribution in [3.8, 4) is 6.07 Å². The number of unbranched alkanes of at least 4 members (excludes halogenated alkanes) is 5. The third kappa shape index (κ3) is 10.0. The fraction of sp³-hybridized carbons (Fsp3) is 0.882. The fourth-order valence-electron chi connectivity index (χ4n) is 2.81. The van der Waals surface area contributed by atoms with Crippen LogP contribution >= 0.6 is 0 Å². The molecule has 2 nitrogen and oxygen atoms in total. The Morgan fingerprint density at radius 3 is 1.80 bits per heavy atom. The van der Waals surface area contributed by atoms with E-state index in [2.05, 4.69) is 30.4 Å². The molecule has 0 bridgehead atoms. The van der Waals surface area contributed by atoms with Crippen LogP contribution in [0.15, 0.2) is 0 Å². The van der Waals surface area contributed by atoms with E-state index in [1.54, 1.807) is 6.42 Å². The van der Waals surface area contributed by atoms with Gasteiger partial charge in [0.2, 0.25) is 0 Å². The molecule has 0 fully saturated rings. The number of nitriles is 1. The van der Waals surface area contributed by atoms with Crippen LogP contribution in [0, 0.1) is 17.8 Å². The first-order valence-electron chi connectivity index (χ1n) is 8.71. The van der Waals surface area contributed by atoms with Crippen LogP contribution in [0.5, 0.6) is 0 Å². The quantitative estimate of drug-likeness (QED) is 0.319. The van der Waals surface area contributed by atoms with E-state index in [9.17, 15) is 0 Å². The predicted octanol–water partition coefficient (Wildman–Crippen LogP) is 5.43. The third-order valence-corrected chi connectivity index (χ3v) is 18.2. The van der Waals surface area contributed by atoms with Gasteiger partial charge in [-0.3, -0.25) is 0 Å². The molecule has 0 aliphatic rings. The third-order valence-electron chi connectivity index (χ3n) is 4.14. The second kappa shape index (κ2) is 14.2. The van der Waals surface area contributed by atoms with Crippen LogP contribution in [0.2, 0.25) is 13.3 Å². The minimum absolute atomic E-state index is 0.945. The van der Waals surface area contributed by atoms with Crippen LogP contribution in [0.25, 0.3) is 0 Å². The van der Waals surface area contributed by atoms with Gasteiger partial charge in [0.25, 0.3) is 0 Å². The maximum atomic E-state index is 8.56. The van der Waals surface area contributed by atoms with Crippen molar-refractivity contribution >= 4 is 18.7 Å². The van der Waals surface area contributed by atoms with Crippen LogP contribution in [-0.4, -0.2) is 25.2 Å². The van der Waals surface area contributed by atoms with Gasteiger partial charge in [-0.25, -0.2) is 0 Å². The Balaban J connectivity index is 4.38. The van der Waals surface area contributed by atoms with Crippen molar-refractivity contribution in [2.45, 2.75) is 85.4 Å². The van der Waals surface area contributed by atoms with E-state index in [-0.39, 0.29) is 0 Å². The van der Waals surface area contributed by atoms with Crippen molar-refractivity contribution in [1.29, 1.82) is 5.26 Å². The zero-order valence-electron chi connectivity index (χ0n) is 14.0. The van der Waals surface area contributed by atoms with E-state index in [0.29, 0.717) is 0 Å². The first-order chi connectivity index (χ1) is 9.74. The van der Waals surface area contributed by atoms with Gasteiger partial charge in [-0.1, -0.05) is 0 Å². The molecule has 0 saturated carbocycles. The summed E-state index contributed by atoms with van der Waals surface area (Å²) in [5.41, 5.74) is 0. The molecule has 117 valence electrons.